The van der Waals surface area contributed by atoms with Gasteiger partial charge in [0.15, 0.2) is 0 Å². The fourth-order valence-electron chi connectivity index (χ4n) is 2.98. The van der Waals surface area contributed by atoms with Gasteiger partial charge in [0.05, 0.1) is 18.6 Å². The molecule has 0 aromatic heterocycles. The largest absolute Gasteiger partial charge is 0.481 e. The van der Waals surface area contributed by atoms with Crippen LogP contribution in [0.25, 0.3) is 0 Å². The van der Waals surface area contributed by atoms with Crippen LogP contribution in [0.4, 0.5) is 4.79 Å². The Kier molecular flexibility index (Phi) is 4.63. The van der Waals surface area contributed by atoms with E-state index >= 15 is 0 Å². The third-order valence-electron chi connectivity index (χ3n) is 4.12. The molecule has 0 aliphatic carbocycles. The molecule has 1 unspecified atom stereocenters. The molecule has 2 fully saturated rings. The molecule has 0 bridgehead atoms. The molecule has 2 rings (SSSR count). The van der Waals surface area contributed by atoms with Gasteiger partial charge in [0.2, 0.25) is 0 Å². The van der Waals surface area contributed by atoms with Crippen molar-refractivity contribution in [1.82, 2.24) is 9.80 Å². The average molecular weight is 270 g/mol. The van der Waals surface area contributed by atoms with Crippen LogP contribution in [0.15, 0.2) is 0 Å². The van der Waals surface area contributed by atoms with E-state index < -0.39 is 11.9 Å². The van der Waals surface area contributed by atoms with Gasteiger partial charge in [0, 0.05) is 19.6 Å². The SMILES string of the molecule is O=C(O)[C@@H]1CCCN(C(=O)N2CCCCC2CO)C1. The number of nitrogens with zero attached hydrogens (tertiary/aromatic N) is 2. The summed E-state index contributed by atoms with van der Waals surface area (Å²) >= 11 is 0. The third-order valence-corrected chi connectivity index (χ3v) is 4.12. The second-order valence-electron chi connectivity index (χ2n) is 5.43. The molecule has 2 aliphatic rings. The number of amides is 2. The normalized spacial score (nSPS) is 28.3. The predicted octanol–water partition coefficient (Wildman–Crippen LogP) is 0.750. The monoisotopic (exact) mass is 270 g/mol. The van der Waals surface area contributed by atoms with E-state index in [1.54, 1.807) is 9.80 Å². The summed E-state index contributed by atoms with van der Waals surface area (Å²) in [5, 5.41) is 18.4. The molecule has 2 aliphatic heterocycles. The second kappa shape index (κ2) is 6.23. The first kappa shape index (κ1) is 14.1. The summed E-state index contributed by atoms with van der Waals surface area (Å²) in [7, 11) is 0. The van der Waals surface area contributed by atoms with E-state index in [9.17, 15) is 14.7 Å². The van der Waals surface area contributed by atoms with Crippen molar-refractivity contribution in [2.24, 2.45) is 5.92 Å². The van der Waals surface area contributed by atoms with Crippen molar-refractivity contribution in [3.05, 3.63) is 0 Å². The third kappa shape index (κ3) is 3.18. The van der Waals surface area contributed by atoms with Gasteiger partial charge in [-0.2, -0.15) is 0 Å². The van der Waals surface area contributed by atoms with Crippen LogP contribution >= 0.6 is 0 Å². The summed E-state index contributed by atoms with van der Waals surface area (Å²) in [5.74, 6) is -1.27. The zero-order chi connectivity index (χ0) is 13.8. The second-order valence-corrected chi connectivity index (χ2v) is 5.43. The van der Waals surface area contributed by atoms with E-state index in [2.05, 4.69) is 0 Å². The maximum absolute atomic E-state index is 12.4. The van der Waals surface area contributed by atoms with Crippen LogP contribution in [0, 0.1) is 5.92 Å². The van der Waals surface area contributed by atoms with E-state index in [0.29, 0.717) is 26.1 Å². The summed E-state index contributed by atoms with van der Waals surface area (Å²) in [6.07, 6.45) is 4.20. The van der Waals surface area contributed by atoms with Crippen molar-refractivity contribution < 1.29 is 19.8 Å². The molecule has 2 amide bonds. The Balaban J connectivity index is 1.99. The lowest BCUT2D eigenvalue weighted by atomic mass is 9.98. The maximum atomic E-state index is 12.4. The number of aliphatic hydroxyl groups excluding tert-OH is 1. The molecule has 19 heavy (non-hydrogen) atoms. The van der Waals surface area contributed by atoms with E-state index in [1.807, 2.05) is 0 Å². The Labute approximate surface area is 113 Å². The standard InChI is InChI=1S/C13H22N2O4/c16-9-11-5-1-2-7-15(11)13(19)14-6-3-4-10(8-14)12(17)18/h10-11,16H,1-9H2,(H,17,18)/t10-,11?/m1/s1. The van der Waals surface area contributed by atoms with Crippen LogP contribution in [0.1, 0.15) is 32.1 Å². The highest BCUT2D eigenvalue weighted by Crippen LogP contribution is 2.22. The first-order valence-electron chi connectivity index (χ1n) is 7.02. The summed E-state index contributed by atoms with van der Waals surface area (Å²) in [6.45, 7) is 1.57. The number of aliphatic carboxylic acids is 1. The number of urea groups is 1. The molecule has 2 saturated heterocycles. The van der Waals surface area contributed by atoms with E-state index in [-0.39, 0.29) is 18.7 Å². The number of rotatable bonds is 2. The zero-order valence-electron chi connectivity index (χ0n) is 11.1. The van der Waals surface area contributed by atoms with E-state index in [1.165, 1.54) is 0 Å². The van der Waals surface area contributed by atoms with Crippen molar-refractivity contribution in [2.75, 3.05) is 26.2 Å². The topological polar surface area (TPSA) is 81.1 Å². The summed E-state index contributed by atoms with van der Waals surface area (Å²) < 4.78 is 0. The highest BCUT2D eigenvalue weighted by molar-refractivity contribution is 5.77. The molecule has 0 radical (unpaired) electrons. The number of hydrogen-bond donors (Lipinski definition) is 2. The average Bonchev–Trinajstić information content (AvgIpc) is 2.46. The van der Waals surface area contributed by atoms with Crippen molar-refractivity contribution in [2.45, 2.75) is 38.1 Å². The molecule has 0 saturated carbocycles. The van der Waals surface area contributed by atoms with Crippen LogP contribution in [0.2, 0.25) is 0 Å². The van der Waals surface area contributed by atoms with Gasteiger partial charge in [-0.3, -0.25) is 4.79 Å². The summed E-state index contributed by atoms with van der Waals surface area (Å²) in [4.78, 5) is 26.8. The van der Waals surface area contributed by atoms with E-state index in [4.69, 9.17) is 5.11 Å². The molecule has 0 aromatic rings. The molecule has 6 nitrogen and oxygen atoms in total. The minimum atomic E-state index is -0.824. The van der Waals surface area contributed by atoms with Crippen LogP contribution < -0.4 is 0 Å². The van der Waals surface area contributed by atoms with Gasteiger partial charge in [-0.05, 0) is 32.1 Å². The van der Waals surface area contributed by atoms with Crippen molar-refractivity contribution in [3.63, 3.8) is 0 Å². The fraction of sp³-hybridized carbons (Fsp3) is 0.846. The van der Waals surface area contributed by atoms with Crippen LogP contribution in [-0.2, 0) is 4.79 Å². The molecule has 108 valence electrons. The Morgan fingerprint density at radius 1 is 1.11 bits per heavy atom. The number of carboxylic acids is 1. The molecular weight excluding hydrogens is 248 g/mol. The summed E-state index contributed by atoms with van der Waals surface area (Å²) in [6, 6.07) is -0.212. The fourth-order valence-corrected chi connectivity index (χ4v) is 2.98. The van der Waals surface area contributed by atoms with Crippen LogP contribution in [-0.4, -0.2) is 64.3 Å². The lowest BCUT2D eigenvalue weighted by Gasteiger charge is -2.40. The quantitative estimate of drug-likeness (QED) is 0.776. The van der Waals surface area contributed by atoms with Crippen LogP contribution in [0.5, 0.6) is 0 Å². The van der Waals surface area contributed by atoms with Crippen LogP contribution in [0.3, 0.4) is 0 Å². The lowest BCUT2D eigenvalue weighted by molar-refractivity contribution is -0.143. The molecular formula is C13H22N2O4. The lowest BCUT2D eigenvalue weighted by Crippen LogP contribution is -2.54. The zero-order valence-corrected chi connectivity index (χ0v) is 11.1. The molecule has 0 spiro atoms. The van der Waals surface area contributed by atoms with Gasteiger partial charge in [-0.15, -0.1) is 0 Å². The number of likely N-dealkylation sites (tertiary alicyclic amines) is 2. The van der Waals surface area contributed by atoms with Gasteiger partial charge in [-0.1, -0.05) is 0 Å². The minimum Gasteiger partial charge on any atom is -0.481 e. The van der Waals surface area contributed by atoms with Gasteiger partial charge in [0.1, 0.15) is 0 Å². The first-order chi connectivity index (χ1) is 9.13. The number of carbonyl (C=O) groups excluding carboxylic acids is 1. The number of piperidine rings is 2. The van der Waals surface area contributed by atoms with Crippen molar-refractivity contribution in [1.29, 1.82) is 0 Å². The predicted molar refractivity (Wildman–Crippen MR) is 68.8 cm³/mol. The molecule has 0 aromatic carbocycles. The molecule has 2 atom stereocenters. The van der Waals surface area contributed by atoms with Gasteiger partial charge < -0.3 is 20.0 Å². The van der Waals surface area contributed by atoms with E-state index in [0.717, 1.165) is 25.7 Å². The maximum Gasteiger partial charge on any atom is 0.320 e. The Morgan fingerprint density at radius 3 is 2.58 bits per heavy atom. The first-order valence-corrected chi connectivity index (χ1v) is 7.02. The van der Waals surface area contributed by atoms with Gasteiger partial charge in [-0.25, -0.2) is 4.79 Å². The number of hydrogen-bond acceptors (Lipinski definition) is 3. The number of aliphatic hydroxyl groups is 1. The Hall–Kier alpha value is -1.30. The summed E-state index contributed by atoms with van der Waals surface area (Å²) in [5.41, 5.74) is 0. The number of carbonyl (C=O) groups is 2. The minimum absolute atomic E-state index is 0.0120. The number of carboxylic acid groups (broad SMARTS) is 1. The highest BCUT2D eigenvalue weighted by atomic mass is 16.4. The van der Waals surface area contributed by atoms with Gasteiger partial charge in [0.25, 0.3) is 0 Å². The Bertz CT molecular complexity index is 348. The smallest absolute Gasteiger partial charge is 0.320 e. The van der Waals surface area contributed by atoms with Gasteiger partial charge >= 0.3 is 12.0 Å². The molecule has 2 N–H and O–H groups in total. The van der Waals surface area contributed by atoms with Crippen molar-refractivity contribution >= 4 is 12.0 Å². The molecule has 6 heteroatoms. The molecule has 2 heterocycles. The Morgan fingerprint density at radius 2 is 1.89 bits per heavy atom. The van der Waals surface area contributed by atoms with Crippen molar-refractivity contribution in [3.8, 4) is 0 Å². The highest BCUT2D eigenvalue weighted by Gasteiger charge is 2.33.